The lowest BCUT2D eigenvalue weighted by Crippen LogP contribution is -2.17. The van der Waals surface area contributed by atoms with Gasteiger partial charge < -0.3 is 14.2 Å². The maximum absolute atomic E-state index is 12.6. The monoisotopic (exact) mass is 514 g/mol. The molecule has 0 atom stereocenters. The molecule has 9 heteroatoms. The Morgan fingerprint density at radius 2 is 1.63 bits per heavy atom. The Kier molecular flexibility index (Phi) is 9.52. The van der Waals surface area contributed by atoms with Gasteiger partial charge in [0.15, 0.2) is 11.5 Å². The number of esters is 1. The number of nitrogens with zero attached hydrogens (tertiary/aromatic N) is 1. The van der Waals surface area contributed by atoms with Crippen molar-refractivity contribution >= 4 is 41.3 Å². The quantitative estimate of drug-likeness (QED) is 0.151. The van der Waals surface area contributed by atoms with Gasteiger partial charge in [0.25, 0.3) is 5.91 Å². The van der Waals surface area contributed by atoms with E-state index >= 15 is 0 Å². The fraction of sp³-hybridized carbons (Fsp3) is 0.192. The van der Waals surface area contributed by atoms with E-state index in [1.165, 1.54) is 18.3 Å². The number of ether oxygens (including phenoxy) is 3. The van der Waals surface area contributed by atoms with Crippen LogP contribution in [-0.4, -0.2) is 31.3 Å². The summed E-state index contributed by atoms with van der Waals surface area (Å²) >= 11 is 11.8. The standard InChI is InChI=1S/C26H24Cl2N2O5/c1-3-13-34-20-9-6-18(7-10-20)26(32)35-23-12-5-17(14-24(23)33-4-2)16-29-30-25(31)19-8-11-21(27)22(28)15-19/h5-12,14-16H,3-4,13H2,1-2H3,(H,30,31). The summed E-state index contributed by atoms with van der Waals surface area (Å²) < 4.78 is 16.7. The number of hydrogen-bond donors (Lipinski definition) is 1. The third-order valence-electron chi connectivity index (χ3n) is 4.59. The minimum Gasteiger partial charge on any atom is -0.494 e. The van der Waals surface area contributed by atoms with E-state index < -0.39 is 11.9 Å². The van der Waals surface area contributed by atoms with Gasteiger partial charge in [0, 0.05) is 5.56 Å². The van der Waals surface area contributed by atoms with Gasteiger partial charge in [-0.25, -0.2) is 10.2 Å². The van der Waals surface area contributed by atoms with Crippen molar-refractivity contribution in [2.45, 2.75) is 20.3 Å². The summed E-state index contributed by atoms with van der Waals surface area (Å²) in [4.78, 5) is 24.8. The molecule has 7 nitrogen and oxygen atoms in total. The van der Waals surface area contributed by atoms with Crippen molar-refractivity contribution in [3.63, 3.8) is 0 Å². The van der Waals surface area contributed by atoms with Crippen molar-refractivity contribution < 1.29 is 23.8 Å². The molecule has 1 N–H and O–H groups in total. The van der Waals surface area contributed by atoms with Gasteiger partial charge in [0.05, 0.1) is 35.0 Å². The van der Waals surface area contributed by atoms with Crippen LogP contribution in [0.3, 0.4) is 0 Å². The number of carbonyl (C=O) groups excluding carboxylic acids is 2. The third-order valence-corrected chi connectivity index (χ3v) is 5.33. The Balaban J connectivity index is 1.67. The summed E-state index contributed by atoms with van der Waals surface area (Å²) in [5.74, 6) is 0.349. The molecule has 0 bridgehead atoms. The van der Waals surface area contributed by atoms with Crippen LogP contribution in [0.25, 0.3) is 0 Å². The molecule has 3 aromatic carbocycles. The zero-order valence-corrected chi connectivity index (χ0v) is 20.7. The number of nitrogens with one attached hydrogen (secondary N) is 1. The first-order valence-corrected chi connectivity index (χ1v) is 11.7. The Labute approximate surface area is 213 Å². The molecule has 0 saturated heterocycles. The number of rotatable bonds is 10. The predicted molar refractivity (Wildman–Crippen MR) is 136 cm³/mol. The van der Waals surface area contributed by atoms with E-state index in [2.05, 4.69) is 10.5 Å². The van der Waals surface area contributed by atoms with E-state index in [1.54, 1.807) is 48.5 Å². The van der Waals surface area contributed by atoms with E-state index in [0.717, 1.165) is 6.42 Å². The number of hydrazone groups is 1. The second-order valence-electron chi connectivity index (χ2n) is 7.23. The molecule has 0 spiro atoms. The van der Waals surface area contributed by atoms with Gasteiger partial charge in [-0.05, 0) is 79.6 Å². The van der Waals surface area contributed by atoms with E-state index in [-0.39, 0.29) is 10.8 Å². The second kappa shape index (κ2) is 12.8. The summed E-state index contributed by atoms with van der Waals surface area (Å²) in [6.45, 7) is 4.81. The Morgan fingerprint density at radius 3 is 2.31 bits per heavy atom. The lowest BCUT2D eigenvalue weighted by molar-refractivity contribution is 0.0728. The smallest absolute Gasteiger partial charge is 0.343 e. The maximum Gasteiger partial charge on any atom is 0.343 e. The minimum atomic E-state index is -0.525. The van der Waals surface area contributed by atoms with E-state index in [1.807, 2.05) is 13.8 Å². The van der Waals surface area contributed by atoms with Gasteiger partial charge in [0.1, 0.15) is 5.75 Å². The average Bonchev–Trinajstić information content (AvgIpc) is 2.86. The van der Waals surface area contributed by atoms with Gasteiger partial charge in [-0.15, -0.1) is 0 Å². The average molecular weight is 515 g/mol. The molecular weight excluding hydrogens is 491 g/mol. The first-order valence-electron chi connectivity index (χ1n) is 10.9. The van der Waals surface area contributed by atoms with Crippen LogP contribution < -0.4 is 19.6 Å². The number of amides is 1. The largest absolute Gasteiger partial charge is 0.494 e. The van der Waals surface area contributed by atoms with Crippen LogP contribution in [0, 0.1) is 0 Å². The zero-order chi connectivity index (χ0) is 25.2. The third kappa shape index (κ3) is 7.47. The molecule has 0 aliphatic heterocycles. The fourth-order valence-corrected chi connectivity index (χ4v) is 3.19. The van der Waals surface area contributed by atoms with Crippen molar-refractivity contribution in [3.05, 3.63) is 87.4 Å². The molecule has 0 saturated carbocycles. The predicted octanol–water partition coefficient (Wildman–Crippen LogP) is 6.16. The van der Waals surface area contributed by atoms with Gasteiger partial charge >= 0.3 is 5.97 Å². The zero-order valence-electron chi connectivity index (χ0n) is 19.2. The fourth-order valence-electron chi connectivity index (χ4n) is 2.89. The van der Waals surface area contributed by atoms with Crippen LogP contribution in [0.5, 0.6) is 17.2 Å². The molecule has 0 radical (unpaired) electrons. The highest BCUT2D eigenvalue weighted by Gasteiger charge is 2.14. The first-order chi connectivity index (χ1) is 16.9. The molecule has 0 heterocycles. The molecule has 0 aliphatic rings. The summed E-state index contributed by atoms with van der Waals surface area (Å²) in [6, 6.07) is 16.2. The second-order valence-corrected chi connectivity index (χ2v) is 8.04. The molecule has 1 amide bonds. The summed E-state index contributed by atoms with van der Waals surface area (Å²) in [7, 11) is 0. The number of halogens is 2. The Bertz CT molecular complexity index is 1210. The molecule has 3 aromatic rings. The van der Waals surface area contributed by atoms with Crippen LogP contribution in [0.15, 0.2) is 65.8 Å². The van der Waals surface area contributed by atoms with Crippen LogP contribution >= 0.6 is 23.2 Å². The van der Waals surface area contributed by atoms with Crippen molar-refractivity contribution in [2.24, 2.45) is 5.10 Å². The van der Waals surface area contributed by atoms with Crippen molar-refractivity contribution in [2.75, 3.05) is 13.2 Å². The van der Waals surface area contributed by atoms with E-state index in [0.29, 0.717) is 46.4 Å². The lowest BCUT2D eigenvalue weighted by Gasteiger charge is -2.12. The number of hydrogen-bond acceptors (Lipinski definition) is 6. The van der Waals surface area contributed by atoms with E-state index in [4.69, 9.17) is 37.4 Å². The maximum atomic E-state index is 12.6. The van der Waals surface area contributed by atoms with Crippen LogP contribution in [0.1, 0.15) is 46.5 Å². The molecule has 3 rings (SSSR count). The normalized spacial score (nSPS) is 10.7. The summed E-state index contributed by atoms with van der Waals surface area (Å²) in [5.41, 5.74) is 3.75. The topological polar surface area (TPSA) is 86.2 Å². The molecule has 182 valence electrons. The first kappa shape index (κ1) is 26.1. The Hall–Kier alpha value is -3.55. The summed E-state index contributed by atoms with van der Waals surface area (Å²) in [6.07, 6.45) is 2.34. The van der Waals surface area contributed by atoms with Crippen LogP contribution in [-0.2, 0) is 0 Å². The van der Waals surface area contributed by atoms with Crippen molar-refractivity contribution in [1.29, 1.82) is 0 Å². The SMILES string of the molecule is CCCOc1ccc(C(=O)Oc2ccc(C=NNC(=O)c3ccc(Cl)c(Cl)c3)cc2OCC)cc1. The number of carbonyl (C=O) groups is 2. The number of benzene rings is 3. The van der Waals surface area contributed by atoms with Gasteiger partial charge in [-0.2, -0.15) is 5.10 Å². The van der Waals surface area contributed by atoms with Crippen molar-refractivity contribution in [3.8, 4) is 17.2 Å². The molecule has 0 aromatic heterocycles. The summed E-state index contributed by atoms with van der Waals surface area (Å²) in [5, 5.41) is 4.59. The molecule has 0 unspecified atom stereocenters. The molecule has 0 fully saturated rings. The van der Waals surface area contributed by atoms with Crippen molar-refractivity contribution in [1.82, 2.24) is 5.43 Å². The molecular formula is C26H24Cl2N2O5. The van der Waals surface area contributed by atoms with Gasteiger partial charge in [-0.1, -0.05) is 30.1 Å². The Morgan fingerprint density at radius 1 is 0.886 bits per heavy atom. The molecule has 0 aliphatic carbocycles. The van der Waals surface area contributed by atoms with Gasteiger partial charge in [-0.3, -0.25) is 4.79 Å². The molecule has 35 heavy (non-hydrogen) atoms. The van der Waals surface area contributed by atoms with E-state index in [9.17, 15) is 9.59 Å². The lowest BCUT2D eigenvalue weighted by atomic mass is 10.2. The van der Waals surface area contributed by atoms with Gasteiger partial charge in [0.2, 0.25) is 0 Å². The highest BCUT2D eigenvalue weighted by Crippen LogP contribution is 2.29. The highest BCUT2D eigenvalue weighted by molar-refractivity contribution is 6.42. The van der Waals surface area contributed by atoms with Crippen LogP contribution in [0.2, 0.25) is 10.0 Å². The highest BCUT2D eigenvalue weighted by atomic mass is 35.5. The minimum absolute atomic E-state index is 0.264. The van der Waals surface area contributed by atoms with Crippen LogP contribution in [0.4, 0.5) is 0 Å².